The third-order valence-electron chi connectivity index (χ3n) is 3.79. The molecule has 1 rings (SSSR count). The van der Waals surface area contributed by atoms with Crippen molar-refractivity contribution in [2.24, 2.45) is 5.92 Å². The smallest absolute Gasteiger partial charge is 0.223 e. The van der Waals surface area contributed by atoms with E-state index >= 15 is 0 Å². The fourth-order valence-corrected chi connectivity index (χ4v) is 2.03. The van der Waals surface area contributed by atoms with Gasteiger partial charge < -0.3 is 29.7 Å². The molecule has 0 bridgehead atoms. The zero-order valence-corrected chi connectivity index (χ0v) is 21.1. The highest BCUT2D eigenvalue weighted by Crippen LogP contribution is 2.21. The largest absolute Gasteiger partial charge is 0.388 e. The first kappa shape index (κ1) is 37.2. The summed E-state index contributed by atoms with van der Waals surface area (Å²) in [6.45, 7) is 6.45. The Kier molecular flexibility index (Phi) is 39.0. The summed E-state index contributed by atoms with van der Waals surface area (Å²) >= 11 is 0. The Hall–Kier alpha value is -2.13. The minimum Gasteiger partial charge on any atom is -0.388 e. The minimum absolute atomic E-state index is 0.0452. The van der Waals surface area contributed by atoms with Crippen LogP contribution in [0.2, 0.25) is 0 Å². The molecule has 1 fully saturated rings. The van der Waals surface area contributed by atoms with Crippen molar-refractivity contribution < 1.29 is 33.4 Å². The highest BCUT2D eigenvalue weighted by Gasteiger charge is 2.27. The Labute approximate surface area is 194 Å². The van der Waals surface area contributed by atoms with Crippen LogP contribution in [-0.4, -0.2) is 71.7 Å². The molecule has 1 saturated carbocycles. The van der Waals surface area contributed by atoms with Crippen molar-refractivity contribution in [1.29, 1.82) is 0 Å². The molecule has 1 aliphatic carbocycles. The van der Waals surface area contributed by atoms with Crippen LogP contribution in [0.4, 0.5) is 0 Å². The number of methoxy groups -OCH3 is 2. The second kappa shape index (κ2) is 33.5. The molecule has 2 amide bonds. The predicted molar refractivity (Wildman–Crippen MR) is 126 cm³/mol. The summed E-state index contributed by atoms with van der Waals surface area (Å²) in [6, 6.07) is -0.280. The zero-order chi connectivity index (χ0) is 25.6. The summed E-state index contributed by atoms with van der Waals surface area (Å²) in [5, 5.41) is 4.85. The summed E-state index contributed by atoms with van der Waals surface area (Å²) in [6.07, 6.45) is 8.84. The molecule has 2 N–H and O–H groups in total. The van der Waals surface area contributed by atoms with Gasteiger partial charge >= 0.3 is 0 Å². The number of ketones is 1. The number of unbranched alkanes of at least 4 members (excludes halogenated alkanes) is 2. The third-order valence-corrected chi connectivity index (χ3v) is 3.79. The number of Topliss-reactive ketones (excluding diaryl/α,β-unsaturated/α-hetero) is 1. The first-order valence-corrected chi connectivity index (χ1v) is 11.0. The van der Waals surface area contributed by atoms with E-state index in [4.69, 9.17) is 0 Å². The van der Waals surface area contributed by atoms with Crippen molar-refractivity contribution in [1.82, 2.24) is 10.6 Å². The van der Waals surface area contributed by atoms with Crippen LogP contribution in [0.5, 0.6) is 0 Å². The number of aldehydes is 2. The first-order valence-electron chi connectivity index (χ1n) is 11.0. The zero-order valence-electron chi connectivity index (χ0n) is 21.1. The quantitative estimate of drug-likeness (QED) is 0.477. The Morgan fingerprint density at radius 3 is 1.88 bits per heavy atom. The fourth-order valence-electron chi connectivity index (χ4n) is 2.03. The standard InChI is InChI=1S/C8H11NO3.C7H13NO2.C4H10.2C2H6O/c10-4-3-9-8(12)6-1-2-7(11)5-6;1-2-3-4-7(5-9)8-6-10;1-3-4-2;2*1-3-2/h4,6H,1-3,5H2,(H,9,12);5-7H,2-4H2,1H3,(H,8,10);3-4H2,1-2H3;2*1-2H3. The van der Waals surface area contributed by atoms with Crippen LogP contribution in [-0.2, 0) is 33.4 Å². The molecule has 0 aromatic heterocycles. The van der Waals surface area contributed by atoms with Gasteiger partial charge in [-0.05, 0) is 12.8 Å². The van der Waals surface area contributed by atoms with E-state index in [1.165, 1.54) is 12.8 Å². The fraction of sp³-hybridized carbons (Fsp3) is 0.783. The van der Waals surface area contributed by atoms with Gasteiger partial charge in [0.2, 0.25) is 12.3 Å². The highest BCUT2D eigenvalue weighted by atomic mass is 16.5. The number of rotatable bonds is 10. The molecule has 0 heterocycles. The van der Waals surface area contributed by atoms with E-state index in [9.17, 15) is 24.0 Å². The molecular weight excluding hydrogens is 416 g/mol. The van der Waals surface area contributed by atoms with Crippen LogP contribution in [0.25, 0.3) is 0 Å². The first-order chi connectivity index (χ1) is 15.3. The van der Waals surface area contributed by atoms with Gasteiger partial charge in [0.1, 0.15) is 18.4 Å². The topological polar surface area (TPSA) is 128 Å². The van der Waals surface area contributed by atoms with Gasteiger partial charge in [0.05, 0.1) is 12.6 Å². The molecule has 190 valence electrons. The number of carbonyl (C=O) groups is 5. The number of nitrogens with one attached hydrogen (secondary N) is 2. The average Bonchev–Trinajstić information content (AvgIpc) is 3.23. The van der Waals surface area contributed by atoms with Crippen LogP contribution in [0.15, 0.2) is 0 Å². The van der Waals surface area contributed by atoms with Gasteiger partial charge in [-0.25, -0.2) is 0 Å². The van der Waals surface area contributed by atoms with E-state index in [-0.39, 0.29) is 30.2 Å². The molecular formula is C23H46N2O7. The van der Waals surface area contributed by atoms with Gasteiger partial charge in [0.15, 0.2) is 0 Å². The second-order valence-corrected chi connectivity index (χ2v) is 6.88. The molecule has 0 aromatic rings. The van der Waals surface area contributed by atoms with Crippen LogP contribution in [0, 0.1) is 5.92 Å². The van der Waals surface area contributed by atoms with E-state index < -0.39 is 0 Å². The lowest BCUT2D eigenvalue weighted by atomic mass is 10.1. The Bertz CT molecular complexity index is 442. The maximum absolute atomic E-state index is 11.1. The van der Waals surface area contributed by atoms with Crippen LogP contribution < -0.4 is 10.6 Å². The molecule has 9 heteroatoms. The van der Waals surface area contributed by atoms with E-state index in [2.05, 4.69) is 34.0 Å². The summed E-state index contributed by atoms with van der Waals surface area (Å²) in [4.78, 5) is 51.9. The van der Waals surface area contributed by atoms with Crippen molar-refractivity contribution in [3.63, 3.8) is 0 Å². The number of hydrogen-bond donors (Lipinski definition) is 2. The molecule has 1 aliphatic rings. The van der Waals surface area contributed by atoms with Crippen molar-refractivity contribution in [3.05, 3.63) is 0 Å². The van der Waals surface area contributed by atoms with Crippen LogP contribution in [0.1, 0.15) is 72.1 Å². The number of ether oxygens (including phenoxy) is 2. The van der Waals surface area contributed by atoms with Gasteiger partial charge in [0.25, 0.3) is 0 Å². The van der Waals surface area contributed by atoms with Gasteiger partial charge in [-0.2, -0.15) is 0 Å². The normalized spacial score (nSPS) is 14.2. The van der Waals surface area contributed by atoms with E-state index in [1.807, 2.05) is 6.92 Å². The van der Waals surface area contributed by atoms with E-state index in [1.54, 1.807) is 28.4 Å². The number of hydrogen-bond acceptors (Lipinski definition) is 7. The molecule has 0 saturated heterocycles. The maximum atomic E-state index is 11.1. The Balaban J connectivity index is -0.000000176. The molecule has 2 atom stereocenters. The summed E-state index contributed by atoms with van der Waals surface area (Å²) in [7, 11) is 6.50. The highest BCUT2D eigenvalue weighted by molar-refractivity contribution is 5.90. The van der Waals surface area contributed by atoms with Crippen LogP contribution >= 0.6 is 0 Å². The molecule has 0 radical (unpaired) electrons. The molecule has 0 spiro atoms. The van der Waals surface area contributed by atoms with Crippen LogP contribution in [0.3, 0.4) is 0 Å². The Morgan fingerprint density at radius 2 is 1.56 bits per heavy atom. The van der Waals surface area contributed by atoms with E-state index in [0.717, 1.165) is 25.5 Å². The predicted octanol–water partition coefficient (Wildman–Crippen LogP) is 2.49. The van der Waals surface area contributed by atoms with Gasteiger partial charge in [-0.15, -0.1) is 0 Å². The maximum Gasteiger partial charge on any atom is 0.223 e. The molecule has 32 heavy (non-hydrogen) atoms. The second-order valence-electron chi connectivity index (χ2n) is 6.88. The van der Waals surface area contributed by atoms with E-state index in [0.29, 0.717) is 32.0 Å². The summed E-state index contributed by atoms with van der Waals surface area (Å²) < 4.78 is 8.50. The number of amides is 2. The number of carbonyl (C=O) groups excluding carboxylic acids is 5. The van der Waals surface area contributed by atoms with Crippen molar-refractivity contribution in [2.75, 3.05) is 35.0 Å². The molecule has 9 nitrogen and oxygen atoms in total. The summed E-state index contributed by atoms with van der Waals surface area (Å²) in [5.74, 6) is -0.230. The minimum atomic E-state index is -0.280. The SMILES string of the molecule is CCCC.CCCCC(C=O)NC=O.COC.COC.O=CCNC(=O)C1CCC(=O)C1. The lowest BCUT2D eigenvalue weighted by molar-refractivity contribution is -0.127. The monoisotopic (exact) mass is 462 g/mol. The molecule has 2 unspecified atom stereocenters. The average molecular weight is 463 g/mol. The van der Waals surface area contributed by atoms with Crippen molar-refractivity contribution in [2.45, 2.75) is 78.2 Å². The van der Waals surface area contributed by atoms with Gasteiger partial charge in [0, 0.05) is 47.2 Å². The molecule has 0 aromatic carbocycles. The lowest BCUT2D eigenvalue weighted by Gasteiger charge is -2.05. The summed E-state index contributed by atoms with van der Waals surface area (Å²) in [5.41, 5.74) is 0. The van der Waals surface area contributed by atoms with Gasteiger partial charge in [-0.3, -0.25) is 14.4 Å². The molecule has 0 aliphatic heterocycles. The third kappa shape index (κ3) is 32.5. The lowest BCUT2D eigenvalue weighted by Crippen LogP contribution is -2.30. The van der Waals surface area contributed by atoms with Crippen molar-refractivity contribution >= 4 is 30.7 Å². The Morgan fingerprint density at radius 1 is 1.03 bits per heavy atom. The van der Waals surface area contributed by atoms with Crippen molar-refractivity contribution in [3.8, 4) is 0 Å². The van der Waals surface area contributed by atoms with Gasteiger partial charge in [-0.1, -0.05) is 46.5 Å².